The fourth-order valence-electron chi connectivity index (χ4n) is 3.20. The van der Waals surface area contributed by atoms with E-state index in [-0.39, 0.29) is 11.7 Å². The Morgan fingerprint density at radius 2 is 2.07 bits per heavy atom. The molecule has 136 valence electrons. The van der Waals surface area contributed by atoms with Gasteiger partial charge >= 0.3 is 0 Å². The Bertz CT molecular complexity index is 999. The lowest BCUT2D eigenvalue weighted by Gasteiger charge is -2.33. The molecular formula is C19H17FN6O. The van der Waals surface area contributed by atoms with Crippen molar-refractivity contribution >= 4 is 17.5 Å². The van der Waals surface area contributed by atoms with Crippen LogP contribution in [0.25, 0.3) is 0 Å². The quantitative estimate of drug-likeness (QED) is 0.746. The van der Waals surface area contributed by atoms with Crippen molar-refractivity contribution in [3.63, 3.8) is 0 Å². The van der Waals surface area contributed by atoms with Crippen molar-refractivity contribution in [3.05, 3.63) is 78.3 Å². The molecule has 0 unspecified atom stereocenters. The van der Waals surface area contributed by atoms with Crippen molar-refractivity contribution in [1.29, 1.82) is 0 Å². The van der Waals surface area contributed by atoms with Crippen LogP contribution in [0.4, 0.5) is 16.0 Å². The summed E-state index contributed by atoms with van der Waals surface area (Å²) in [5.41, 5.74) is 1.81. The van der Waals surface area contributed by atoms with Crippen LogP contribution in [0.2, 0.25) is 0 Å². The van der Waals surface area contributed by atoms with Crippen molar-refractivity contribution in [1.82, 2.24) is 19.7 Å². The molecule has 7 nitrogen and oxygen atoms in total. The first kappa shape index (κ1) is 16.9. The molecule has 0 spiro atoms. The third kappa shape index (κ3) is 3.17. The van der Waals surface area contributed by atoms with Crippen LogP contribution in [0.5, 0.6) is 0 Å². The molecule has 1 aromatic carbocycles. The largest absolute Gasteiger partial charge is 0.328 e. The number of amides is 1. The minimum atomic E-state index is -0.659. The van der Waals surface area contributed by atoms with Crippen LogP contribution in [-0.4, -0.2) is 25.7 Å². The van der Waals surface area contributed by atoms with Gasteiger partial charge in [-0.15, -0.1) is 0 Å². The smallest absolute Gasteiger partial charge is 0.235 e. The third-order valence-corrected chi connectivity index (χ3v) is 4.38. The minimum Gasteiger partial charge on any atom is -0.328 e. The zero-order valence-corrected chi connectivity index (χ0v) is 14.6. The average Bonchev–Trinajstić information content (AvgIpc) is 3.02. The van der Waals surface area contributed by atoms with Gasteiger partial charge < -0.3 is 10.6 Å². The van der Waals surface area contributed by atoms with Gasteiger partial charge in [0.15, 0.2) is 0 Å². The zero-order chi connectivity index (χ0) is 19.0. The van der Waals surface area contributed by atoms with Crippen LogP contribution in [-0.2, 0) is 4.79 Å². The van der Waals surface area contributed by atoms with E-state index in [1.807, 2.05) is 6.07 Å². The van der Waals surface area contributed by atoms with Crippen LogP contribution in [0.15, 0.2) is 61.1 Å². The van der Waals surface area contributed by atoms with Gasteiger partial charge in [-0.3, -0.25) is 9.78 Å². The number of carbonyl (C=O) groups is 1. The fraction of sp³-hybridized carbons (Fsp3) is 0.158. The number of rotatable bonds is 3. The molecule has 27 heavy (non-hydrogen) atoms. The normalized spacial score (nSPS) is 18.5. The lowest BCUT2D eigenvalue weighted by Crippen LogP contribution is -2.39. The molecule has 0 aliphatic carbocycles. The summed E-state index contributed by atoms with van der Waals surface area (Å²) in [6, 6.07) is 8.84. The van der Waals surface area contributed by atoms with E-state index in [4.69, 9.17) is 0 Å². The van der Waals surface area contributed by atoms with E-state index in [0.29, 0.717) is 23.2 Å². The Kier molecular flexibility index (Phi) is 4.15. The molecule has 3 aromatic rings. The second kappa shape index (κ2) is 6.64. The van der Waals surface area contributed by atoms with Crippen molar-refractivity contribution < 1.29 is 9.18 Å². The molecule has 2 atom stereocenters. The predicted molar refractivity (Wildman–Crippen MR) is 98.4 cm³/mol. The highest BCUT2D eigenvalue weighted by Crippen LogP contribution is 2.37. The lowest BCUT2D eigenvalue weighted by molar-refractivity contribution is -0.119. The highest BCUT2D eigenvalue weighted by Gasteiger charge is 2.40. The second-order valence-corrected chi connectivity index (χ2v) is 6.28. The Morgan fingerprint density at radius 3 is 2.78 bits per heavy atom. The zero-order valence-electron chi connectivity index (χ0n) is 14.6. The van der Waals surface area contributed by atoms with Gasteiger partial charge in [-0.05, 0) is 42.8 Å². The number of halogens is 1. The lowest BCUT2D eigenvalue weighted by atomic mass is 9.89. The molecule has 0 radical (unpaired) electrons. The maximum atomic E-state index is 13.1. The third-order valence-electron chi connectivity index (χ3n) is 4.38. The van der Waals surface area contributed by atoms with Gasteiger partial charge in [0.05, 0.1) is 6.04 Å². The van der Waals surface area contributed by atoms with Gasteiger partial charge in [-0.1, -0.05) is 12.6 Å². The number of hydrogen-bond donors (Lipinski definition) is 2. The topological polar surface area (TPSA) is 84.7 Å². The number of nitrogens with one attached hydrogen (secondary N) is 2. The summed E-state index contributed by atoms with van der Waals surface area (Å²) >= 11 is 0. The van der Waals surface area contributed by atoms with E-state index >= 15 is 0 Å². The van der Waals surface area contributed by atoms with Gasteiger partial charge in [0, 0.05) is 23.8 Å². The van der Waals surface area contributed by atoms with Gasteiger partial charge in [0.25, 0.3) is 0 Å². The van der Waals surface area contributed by atoms with E-state index in [1.165, 1.54) is 24.3 Å². The van der Waals surface area contributed by atoms with Crippen LogP contribution >= 0.6 is 0 Å². The highest BCUT2D eigenvalue weighted by atomic mass is 19.1. The fourth-order valence-corrected chi connectivity index (χ4v) is 3.20. The minimum absolute atomic E-state index is 0.285. The maximum absolute atomic E-state index is 13.1. The molecule has 1 amide bonds. The number of pyridine rings is 1. The first-order chi connectivity index (χ1) is 13.0. The number of anilines is 2. The number of carbonyl (C=O) groups excluding carboxylic acids is 1. The summed E-state index contributed by atoms with van der Waals surface area (Å²) in [6.45, 7) is 5.80. The van der Waals surface area contributed by atoms with Crippen molar-refractivity contribution in [3.8, 4) is 0 Å². The molecule has 8 heteroatoms. The molecular weight excluding hydrogens is 347 g/mol. The van der Waals surface area contributed by atoms with Crippen LogP contribution in [0.1, 0.15) is 17.4 Å². The van der Waals surface area contributed by atoms with Crippen molar-refractivity contribution in [2.24, 2.45) is 5.92 Å². The van der Waals surface area contributed by atoms with Crippen LogP contribution in [0, 0.1) is 18.7 Å². The number of aromatic nitrogens is 4. The highest BCUT2D eigenvalue weighted by molar-refractivity contribution is 5.95. The molecule has 2 N–H and O–H groups in total. The van der Waals surface area contributed by atoms with Gasteiger partial charge in [0.2, 0.25) is 11.9 Å². The number of benzene rings is 1. The average molecular weight is 364 g/mol. The van der Waals surface area contributed by atoms with E-state index in [2.05, 4.69) is 32.3 Å². The molecule has 1 aliphatic heterocycles. The van der Waals surface area contributed by atoms with Gasteiger partial charge in [0.1, 0.15) is 17.6 Å². The Balaban J connectivity index is 1.73. The molecule has 0 fully saturated rings. The van der Waals surface area contributed by atoms with E-state index in [1.54, 1.807) is 30.1 Å². The second-order valence-electron chi connectivity index (χ2n) is 6.28. The predicted octanol–water partition coefficient (Wildman–Crippen LogP) is 2.90. The van der Waals surface area contributed by atoms with Crippen LogP contribution < -0.4 is 10.6 Å². The molecule has 0 saturated carbocycles. The summed E-state index contributed by atoms with van der Waals surface area (Å²) in [7, 11) is 0. The van der Waals surface area contributed by atoms with Crippen molar-refractivity contribution in [2.45, 2.75) is 13.0 Å². The maximum Gasteiger partial charge on any atom is 0.235 e. The first-order valence-corrected chi connectivity index (χ1v) is 8.38. The standard InChI is InChI=1S/C19H17FN6O/c1-11-16(18(27)24-15-7-5-14(20)6-8-15)17(13-4-3-9-21-10-13)26-19(22-11)23-12(2)25-26/h3-10,16-17H,1H2,2H3,(H,24,27)(H,22,23,25)/t16-,17+/m0/s1. The van der Waals surface area contributed by atoms with E-state index in [9.17, 15) is 9.18 Å². The van der Waals surface area contributed by atoms with Gasteiger partial charge in [-0.25, -0.2) is 9.07 Å². The number of fused-ring (bicyclic) bond motifs is 1. The SMILES string of the molecule is C=C1Nc2nc(C)nn2[C@H](c2cccnc2)[C@H]1C(=O)Nc1ccc(F)cc1. The molecule has 3 heterocycles. The number of aryl methyl sites for hydroxylation is 1. The summed E-state index contributed by atoms with van der Waals surface area (Å²) in [4.78, 5) is 21.6. The molecule has 0 bridgehead atoms. The molecule has 0 saturated heterocycles. The summed E-state index contributed by atoms with van der Waals surface area (Å²) < 4.78 is 14.8. The van der Waals surface area contributed by atoms with Gasteiger partial charge in [-0.2, -0.15) is 10.1 Å². The van der Waals surface area contributed by atoms with Crippen molar-refractivity contribution in [2.75, 3.05) is 10.6 Å². The Labute approximate surface area is 155 Å². The molecule has 1 aliphatic rings. The van der Waals surface area contributed by atoms with E-state index in [0.717, 1.165) is 5.56 Å². The van der Waals surface area contributed by atoms with Crippen LogP contribution in [0.3, 0.4) is 0 Å². The Hall–Kier alpha value is -3.55. The summed E-state index contributed by atoms with van der Waals surface area (Å²) in [5.74, 6) is -0.205. The van der Waals surface area contributed by atoms with E-state index < -0.39 is 12.0 Å². The molecule has 2 aromatic heterocycles. The summed E-state index contributed by atoms with van der Waals surface area (Å²) in [6.07, 6.45) is 3.36. The molecule has 4 rings (SSSR count). The monoisotopic (exact) mass is 364 g/mol. The Morgan fingerprint density at radius 1 is 1.30 bits per heavy atom. The number of nitrogens with zero attached hydrogens (tertiary/aromatic N) is 4. The number of hydrogen-bond acceptors (Lipinski definition) is 5. The summed E-state index contributed by atoms with van der Waals surface area (Å²) in [5, 5.41) is 10.3. The first-order valence-electron chi connectivity index (χ1n) is 8.38.